The first-order chi connectivity index (χ1) is 11.7. The zero-order valence-electron chi connectivity index (χ0n) is 12.9. The molecule has 0 saturated heterocycles. The number of carbonyl (C=O) groups excluding carboxylic acids is 1. The minimum absolute atomic E-state index is 0.110. The number of non-ortho nitro benzene ring substituents is 1. The van der Waals surface area contributed by atoms with Crippen LogP contribution in [0.25, 0.3) is 0 Å². The van der Waals surface area contributed by atoms with Crippen LogP contribution in [-0.4, -0.2) is 20.9 Å². The topological polar surface area (TPSA) is 81.5 Å². The average molecular weight is 404 g/mol. The molecular formula is C16H13Cl3N2O4. The molecule has 0 spiro atoms. The van der Waals surface area contributed by atoms with Gasteiger partial charge in [0.05, 0.1) is 4.92 Å². The number of rotatable bonds is 5. The molecule has 132 valence electrons. The van der Waals surface area contributed by atoms with E-state index in [1.165, 1.54) is 24.3 Å². The molecule has 6 nitrogen and oxygen atoms in total. The Hall–Kier alpha value is -2.02. The highest BCUT2D eigenvalue weighted by molar-refractivity contribution is 6.68. The monoisotopic (exact) mass is 402 g/mol. The Morgan fingerprint density at radius 2 is 1.84 bits per heavy atom. The summed E-state index contributed by atoms with van der Waals surface area (Å²) in [7, 11) is 0. The molecule has 25 heavy (non-hydrogen) atoms. The summed E-state index contributed by atoms with van der Waals surface area (Å²) in [5.41, 5.74) is 1.17. The van der Waals surface area contributed by atoms with E-state index >= 15 is 0 Å². The van der Waals surface area contributed by atoms with Crippen molar-refractivity contribution in [1.82, 2.24) is 5.32 Å². The Morgan fingerprint density at radius 1 is 1.20 bits per heavy atom. The third-order valence-electron chi connectivity index (χ3n) is 3.14. The van der Waals surface area contributed by atoms with Gasteiger partial charge in [0.2, 0.25) is 10.0 Å². The van der Waals surface area contributed by atoms with Crippen LogP contribution in [0.15, 0.2) is 48.5 Å². The number of ether oxygens (including phenoxy) is 1. The second kappa shape index (κ2) is 7.91. The number of carbonyl (C=O) groups is 1. The molecule has 0 aliphatic carbocycles. The molecule has 0 bridgehead atoms. The molecule has 2 rings (SSSR count). The van der Waals surface area contributed by atoms with Crippen molar-refractivity contribution in [3.8, 4) is 5.75 Å². The third-order valence-corrected chi connectivity index (χ3v) is 3.74. The number of nitro groups is 1. The van der Waals surface area contributed by atoms with Gasteiger partial charge in [-0.15, -0.1) is 0 Å². The molecule has 2 aromatic carbocycles. The van der Waals surface area contributed by atoms with Gasteiger partial charge in [0.15, 0.2) is 0 Å². The number of hydrogen-bond donors (Lipinski definition) is 1. The van der Waals surface area contributed by atoms with Crippen molar-refractivity contribution in [2.75, 3.05) is 0 Å². The lowest BCUT2D eigenvalue weighted by molar-refractivity contribution is -0.384. The standard InChI is InChI=1S/C16H13Cl3N2O4/c1-10-3-2-4-11(9-10)14(22)20-15(16(17,18)19)25-13-7-5-12(6-8-13)21(23)24/h2-9,15H,1H3,(H,20,22)/t15-/m0/s1. The summed E-state index contributed by atoms with van der Waals surface area (Å²) in [6.45, 7) is 1.84. The predicted octanol–water partition coefficient (Wildman–Crippen LogP) is 4.41. The number of hydrogen-bond acceptors (Lipinski definition) is 4. The first kappa shape index (κ1) is 19.3. The fourth-order valence-electron chi connectivity index (χ4n) is 1.95. The molecule has 0 aliphatic heterocycles. The second-order valence-electron chi connectivity index (χ2n) is 5.13. The number of amides is 1. The van der Waals surface area contributed by atoms with Crippen LogP contribution in [0.2, 0.25) is 0 Å². The van der Waals surface area contributed by atoms with Gasteiger partial charge in [-0.05, 0) is 31.2 Å². The van der Waals surface area contributed by atoms with Gasteiger partial charge in [0.1, 0.15) is 5.75 Å². The van der Waals surface area contributed by atoms with Gasteiger partial charge in [-0.3, -0.25) is 14.9 Å². The zero-order valence-corrected chi connectivity index (χ0v) is 15.2. The maximum absolute atomic E-state index is 12.3. The van der Waals surface area contributed by atoms with E-state index in [0.29, 0.717) is 5.56 Å². The molecule has 0 aromatic heterocycles. The van der Waals surface area contributed by atoms with E-state index in [9.17, 15) is 14.9 Å². The van der Waals surface area contributed by atoms with E-state index in [0.717, 1.165) is 5.56 Å². The van der Waals surface area contributed by atoms with E-state index in [4.69, 9.17) is 39.5 Å². The predicted molar refractivity (Wildman–Crippen MR) is 96.4 cm³/mol. The highest BCUT2D eigenvalue weighted by Crippen LogP contribution is 2.32. The lowest BCUT2D eigenvalue weighted by Crippen LogP contribution is -2.47. The largest absolute Gasteiger partial charge is 0.466 e. The van der Waals surface area contributed by atoms with Crippen molar-refractivity contribution in [2.24, 2.45) is 0 Å². The van der Waals surface area contributed by atoms with Gasteiger partial charge in [-0.25, -0.2) is 0 Å². The van der Waals surface area contributed by atoms with Crippen LogP contribution in [-0.2, 0) is 0 Å². The summed E-state index contributed by atoms with van der Waals surface area (Å²) in [4.78, 5) is 22.5. The Morgan fingerprint density at radius 3 is 2.36 bits per heavy atom. The molecular weight excluding hydrogens is 391 g/mol. The van der Waals surface area contributed by atoms with Crippen LogP contribution in [0, 0.1) is 17.0 Å². The number of nitro benzene ring substituents is 1. The minimum Gasteiger partial charge on any atom is -0.466 e. The maximum atomic E-state index is 12.3. The van der Waals surface area contributed by atoms with Crippen molar-refractivity contribution in [3.63, 3.8) is 0 Å². The van der Waals surface area contributed by atoms with Crippen molar-refractivity contribution in [1.29, 1.82) is 0 Å². The number of halogens is 3. The van der Waals surface area contributed by atoms with Crippen LogP contribution < -0.4 is 10.1 Å². The molecule has 0 heterocycles. The summed E-state index contributed by atoms with van der Waals surface area (Å²) in [5.74, 6) is -0.284. The second-order valence-corrected chi connectivity index (χ2v) is 7.50. The lowest BCUT2D eigenvalue weighted by atomic mass is 10.1. The fraction of sp³-hybridized carbons (Fsp3) is 0.188. The van der Waals surface area contributed by atoms with Crippen LogP contribution in [0.5, 0.6) is 5.75 Å². The van der Waals surface area contributed by atoms with Crippen LogP contribution >= 0.6 is 34.8 Å². The van der Waals surface area contributed by atoms with Gasteiger partial charge in [-0.2, -0.15) is 0 Å². The number of nitrogens with one attached hydrogen (secondary N) is 1. The average Bonchev–Trinajstić information content (AvgIpc) is 2.53. The van der Waals surface area contributed by atoms with E-state index in [-0.39, 0.29) is 11.4 Å². The molecule has 0 aliphatic rings. The summed E-state index contributed by atoms with van der Waals surface area (Å²) in [6, 6.07) is 12.0. The highest BCUT2D eigenvalue weighted by Gasteiger charge is 2.36. The molecule has 0 radical (unpaired) electrons. The van der Waals surface area contributed by atoms with Crippen molar-refractivity contribution in [2.45, 2.75) is 16.9 Å². The number of benzene rings is 2. The van der Waals surface area contributed by atoms with E-state index in [1.807, 2.05) is 13.0 Å². The quantitative estimate of drug-likeness (QED) is 0.347. The molecule has 0 fully saturated rings. The van der Waals surface area contributed by atoms with E-state index in [2.05, 4.69) is 5.32 Å². The first-order valence-electron chi connectivity index (χ1n) is 7.02. The summed E-state index contributed by atoms with van der Waals surface area (Å²) in [5, 5.41) is 13.2. The summed E-state index contributed by atoms with van der Waals surface area (Å²) in [6.07, 6.45) is -1.30. The summed E-state index contributed by atoms with van der Waals surface area (Å²) >= 11 is 17.6. The van der Waals surface area contributed by atoms with Gasteiger partial charge < -0.3 is 10.1 Å². The van der Waals surface area contributed by atoms with Crippen molar-refractivity contribution < 1.29 is 14.5 Å². The number of nitrogens with zero attached hydrogens (tertiary/aromatic N) is 1. The normalized spacial score (nSPS) is 12.3. The summed E-state index contributed by atoms with van der Waals surface area (Å²) < 4.78 is 3.53. The van der Waals surface area contributed by atoms with Gasteiger partial charge in [0.25, 0.3) is 11.6 Å². The van der Waals surface area contributed by atoms with Gasteiger partial charge in [0, 0.05) is 17.7 Å². The first-order valence-corrected chi connectivity index (χ1v) is 8.15. The maximum Gasteiger partial charge on any atom is 0.269 e. The van der Waals surface area contributed by atoms with E-state index < -0.39 is 20.9 Å². The van der Waals surface area contributed by atoms with Crippen LogP contribution in [0.3, 0.4) is 0 Å². The molecule has 1 atom stereocenters. The van der Waals surface area contributed by atoms with Crippen molar-refractivity contribution in [3.05, 3.63) is 69.8 Å². The smallest absolute Gasteiger partial charge is 0.269 e. The molecule has 0 saturated carbocycles. The van der Waals surface area contributed by atoms with E-state index in [1.54, 1.807) is 18.2 Å². The van der Waals surface area contributed by atoms with Gasteiger partial charge >= 0.3 is 0 Å². The van der Waals surface area contributed by atoms with Crippen molar-refractivity contribution >= 4 is 46.4 Å². The van der Waals surface area contributed by atoms with Gasteiger partial charge in [-0.1, -0.05) is 52.5 Å². The zero-order chi connectivity index (χ0) is 18.6. The Kier molecular flexibility index (Phi) is 6.11. The van der Waals surface area contributed by atoms with Crippen LogP contribution in [0.4, 0.5) is 5.69 Å². The molecule has 9 heteroatoms. The highest BCUT2D eigenvalue weighted by atomic mass is 35.6. The van der Waals surface area contributed by atoms with Crippen LogP contribution in [0.1, 0.15) is 15.9 Å². The third kappa shape index (κ3) is 5.49. The molecule has 1 amide bonds. The fourth-order valence-corrected chi connectivity index (χ4v) is 2.25. The molecule has 2 aromatic rings. The Labute approximate surface area is 158 Å². The molecule has 1 N–H and O–H groups in total. The Bertz CT molecular complexity index is 776. The molecule has 0 unspecified atom stereocenters. The SMILES string of the molecule is Cc1cccc(C(=O)N[C@@H](Oc2ccc([N+](=O)[O-])cc2)C(Cl)(Cl)Cl)c1. The number of alkyl halides is 3. The minimum atomic E-state index is -1.96. The number of aryl methyl sites for hydroxylation is 1. The Balaban J connectivity index is 2.16. The lowest BCUT2D eigenvalue weighted by Gasteiger charge is -2.26.